The van der Waals surface area contributed by atoms with Crippen LogP contribution in [0.4, 0.5) is 0 Å². The van der Waals surface area contributed by atoms with E-state index < -0.39 is 0 Å². The molecule has 0 fully saturated rings. The summed E-state index contributed by atoms with van der Waals surface area (Å²) in [7, 11) is 0. The zero-order valence-corrected chi connectivity index (χ0v) is 20.0. The van der Waals surface area contributed by atoms with Gasteiger partial charge in [0.15, 0.2) is 0 Å². The van der Waals surface area contributed by atoms with Gasteiger partial charge in [-0.25, -0.2) is 4.79 Å². The van der Waals surface area contributed by atoms with Gasteiger partial charge in [-0.2, -0.15) is 0 Å². The summed E-state index contributed by atoms with van der Waals surface area (Å²) < 4.78 is 5.61. The summed E-state index contributed by atoms with van der Waals surface area (Å²) in [6.07, 6.45) is 14.9. The van der Waals surface area contributed by atoms with Crippen molar-refractivity contribution in [3.63, 3.8) is 0 Å². The van der Waals surface area contributed by atoms with Crippen LogP contribution in [0.25, 0.3) is 11.1 Å². The van der Waals surface area contributed by atoms with Crippen LogP contribution in [0, 0.1) is 0 Å². The molecule has 0 radical (unpaired) electrons. The molecular weight excluding hydrogens is 380 g/mol. The second-order valence-corrected chi connectivity index (χ2v) is 8.86. The molecule has 1 unspecified atom stereocenters. The molecule has 0 heterocycles. The fourth-order valence-electron chi connectivity index (χ4n) is 3.94. The molecule has 0 saturated carbocycles. The number of unbranched alkanes of at least 4 members (excludes halogenated alkanes) is 8. The Labute approximate surface area is 190 Å². The van der Waals surface area contributed by atoms with Gasteiger partial charge < -0.3 is 4.74 Å². The number of esters is 1. The molecule has 2 rings (SSSR count). The minimum absolute atomic E-state index is 0.0248. The SMILES string of the molecule is CCCCCCCCc1ccc(-c2ccc(C(=O)OC(C)CCCCCC)cc2)cc1. The quantitative estimate of drug-likeness (QED) is 0.212. The van der Waals surface area contributed by atoms with Gasteiger partial charge in [-0.3, -0.25) is 0 Å². The first-order chi connectivity index (χ1) is 15.1. The number of carbonyl (C=O) groups excluding carboxylic acids is 1. The van der Waals surface area contributed by atoms with E-state index in [1.165, 1.54) is 68.9 Å². The molecule has 0 N–H and O–H groups in total. The zero-order valence-electron chi connectivity index (χ0n) is 20.0. The van der Waals surface area contributed by atoms with Crippen molar-refractivity contribution < 1.29 is 9.53 Å². The highest BCUT2D eigenvalue weighted by Crippen LogP contribution is 2.22. The van der Waals surface area contributed by atoms with E-state index >= 15 is 0 Å². The van der Waals surface area contributed by atoms with Crippen LogP contribution in [-0.4, -0.2) is 12.1 Å². The van der Waals surface area contributed by atoms with Crippen LogP contribution in [0.5, 0.6) is 0 Å². The number of rotatable bonds is 15. The Bertz CT molecular complexity index is 730. The Morgan fingerprint density at radius 3 is 1.84 bits per heavy atom. The van der Waals surface area contributed by atoms with E-state index in [0.717, 1.165) is 24.8 Å². The molecule has 2 nitrogen and oxygen atoms in total. The van der Waals surface area contributed by atoms with Gasteiger partial charge in [0, 0.05) is 0 Å². The third kappa shape index (κ3) is 9.72. The van der Waals surface area contributed by atoms with Crippen molar-refractivity contribution in [3.05, 3.63) is 59.7 Å². The standard InChI is InChI=1S/C29H42O2/c1-4-6-8-10-11-13-15-25-16-18-26(19-17-25)27-20-22-28(23-21-27)29(30)31-24(3)14-12-9-7-5-2/h16-24H,4-15H2,1-3H3. The highest BCUT2D eigenvalue weighted by Gasteiger charge is 2.12. The maximum Gasteiger partial charge on any atom is 0.338 e. The lowest BCUT2D eigenvalue weighted by Gasteiger charge is -2.13. The number of ether oxygens (including phenoxy) is 1. The number of aryl methyl sites for hydroxylation is 1. The Morgan fingerprint density at radius 2 is 1.23 bits per heavy atom. The monoisotopic (exact) mass is 422 g/mol. The first-order valence-corrected chi connectivity index (χ1v) is 12.5. The first-order valence-electron chi connectivity index (χ1n) is 12.5. The molecule has 0 amide bonds. The molecule has 0 spiro atoms. The predicted octanol–water partition coefficient (Wildman–Crippen LogP) is 8.77. The van der Waals surface area contributed by atoms with Gasteiger partial charge in [0.25, 0.3) is 0 Å². The molecule has 0 saturated heterocycles. The van der Waals surface area contributed by atoms with Crippen molar-refractivity contribution in [1.82, 2.24) is 0 Å². The van der Waals surface area contributed by atoms with E-state index in [4.69, 9.17) is 4.74 Å². The number of carbonyl (C=O) groups is 1. The number of benzene rings is 2. The maximum absolute atomic E-state index is 12.4. The lowest BCUT2D eigenvalue weighted by molar-refractivity contribution is 0.0319. The van der Waals surface area contributed by atoms with Crippen LogP contribution in [-0.2, 0) is 11.2 Å². The van der Waals surface area contributed by atoms with Gasteiger partial charge in [0.1, 0.15) is 0 Å². The third-order valence-electron chi connectivity index (χ3n) is 6.00. The van der Waals surface area contributed by atoms with Gasteiger partial charge in [-0.05, 0) is 61.4 Å². The topological polar surface area (TPSA) is 26.3 Å². The van der Waals surface area contributed by atoms with Crippen molar-refractivity contribution in [3.8, 4) is 11.1 Å². The minimum atomic E-state index is -0.219. The molecule has 0 aliphatic carbocycles. The Morgan fingerprint density at radius 1 is 0.710 bits per heavy atom. The fourth-order valence-corrected chi connectivity index (χ4v) is 3.94. The lowest BCUT2D eigenvalue weighted by Crippen LogP contribution is -2.15. The number of hydrogen-bond donors (Lipinski definition) is 0. The molecule has 2 heteroatoms. The summed E-state index contributed by atoms with van der Waals surface area (Å²) in [5, 5.41) is 0. The minimum Gasteiger partial charge on any atom is -0.459 e. The Kier molecular flexibility index (Phi) is 12.0. The molecule has 0 bridgehead atoms. The van der Waals surface area contributed by atoms with Crippen molar-refractivity contribution in [2.45, 2.75) is 104 Å². The van der Waals surface area contributed by atoms with E-state index in [1.54, 1.807) is 0 Å². The van der Waals surface area contributed by atoms with E-state index in [2.05, 4.69) is 38.1 Å². The summed E-state index contributed by atoms with van der Waals surface area (Å²) >= 11 is 0. The second-order valence-electron chi connectivity index (χ2n) is 8.86. The predicted molar refractivity (Wildman–Crippen MR) is 133 cm³/mol. The maximum atomic E-state index is 12.4. The molecule has 31 heavy (non-hydrogen) atoms. The lowest BCUT2D eigenvalue weighted by atomic mass is 10.00. The van der Waals surface area contributed by atoms with E-state index in [9.17, 15) is 4.79 Å². The molecule has 0 aliphatic heterocycles. The van der Waals surface area contributed by atoms with Crippen molar-refractivity contribution >= 4 is 5.97 Å². The summed E-state index contributed by atoms with van der Waals surface area (Å²) in [6, 6.07) is 16.7. The highest BCUT2D eigenvalue weighted by molar-refractivity contribution is 5.90. The van der Waals surface area contributed by atoms with Crippen LogP contribution in [0.2, 0.25) is 0 Å². The largest absolute Gasteiger partial charge is 0.459 e. The van der Waals surface area contributed by atoms with Gasteiger partial charge in [-0.15, -0.1) is 0 Å². The summed E-state index contributed by atoms with van der Waals surface area (Å²) in [5.74, 6) is -0.219. The van der Waals surface area contributed by atoms with Gasteiger partial charge >= 0.3 is 5.97 Å². The van der Waals surface area contributed by atoms with Gasteiger partial charge in [-0.1, -0.05) is 102 Å². The van der Waals surface area contributed by atoms with Gasteiger partial charge in [0.05, 0.1) is 11.7 Å². The normalized spacial score (nSPS) is 12.0. The van der Waals surface area contributed by atoms with Crippen LogP contribution < -0.4 is 0 Å². The molecule has 0 aromatic heterocycles. The molecule has 0 aliphatic rings. The molecular formula is C29H42O2. The molecule has 170 valence electrons. The highest BCUT2D eigenvalue weighted by atomic mass is 16.5. The van der Waals surface area contributed by atoms with E-state index in [-0.39, 0.29) is 12.1 Å². The summed E-state index contributed by atoms with van der Waals surface area (Å²) in [6.45, 7) is 6.46. The molecule has 1 atom stereocenters. The Hall–Kier alpha value is -2.09. The van der Waals surface area contributed by atoms with Gasteiger partial charge in [0.2, 0.25) is 0 Å². The summed E-state index contributed by atoms with van der Waals surface area (Å²) in [4.78, 5) is 12.4. The van der Waals surface area contributed by atoms with Crippen LogP contribution in [0.3, 0.4) is 0 Å². The van der Waals surface area contributed by atoms with Crippen LogP contribution >= 0.6 is 0 Å². The van der Waals surface area contributed by atoms with E-state index in [1.807, 2.05) is 31.2 Å². The van der Waals surface area contributed by atoms with Crippen molar-refractivity contribution in [2.75, 3.05) is 0 Å². The van der Waals surface area contributed by atoms with E-state index in [0.29, 0.717) is 5.56 Å². The average Bonchev–Trinajstić information content (AvgIpc) is 2.79. The Balaban J connectivity index is 1.79. The zero-order chi connectivity index (χ0) is 22.3. The van der Waals surface area contributed by atoms with Crippen LogP contribution in [0.1, 0.15) is 107 Å². The van der Waals surface area contributed by atoms with Crippen molar-refractivity contribution in [2.24, 2.45) is 0 Å². The second kappa shape index (κ2) is 14.8. The fraction of sp³-hybridized carbons (Fsp3) is 0.552. The third-order valence-corrected chi connectivity index (χ3v) is 6.00. The summed E-state index contributed by atoms with van der Waals surface area (Å²) in [5.41, 5.74) is 4.36. The van der Waals surface area contributed by atoms with Crippen LogP contribution in [0.15, 0.2) is 48.5 Å². The molecule has 2 aromatic rings. The average molecular weight is 423 g/mol. The first kappa shape index (κ1) is 25.2. The molecule has 2 aromatic carbocycles. The van der Waals surface area contributed by atoms with Crippen molar-refractivity contribution in [1.29, 1.82) is 0 Å². The number of hydrogen-bond acceptors (Lipinski definition) is 2. The smallest absolute Gasteiger partial charge is 0.338 e.